The number of rotatable bonds is 8. The van der Waals surface area contributed by atoms with Crippen molar-refractivity contribution in [3.8, 4) is 5.75 Å². The highest BCUT2D eigenvalue weighted by Crippen LogP contribution is 2.18. The van der Waals surface area contributed by atoms with Gasteiger partial charge in [-0.05, 0) is 17.7 Å². The van der Waals surface area contributed by atoms with Crippen molar-refractivity contribution in [1.29, 1.82) is 0 Å². The van der Waals surface area contributed by atoms with Crippen LogP contribution in [-0.4, -0.2) is 60.5 Å². The number of benzene rings is 1. The van der Waals surface area contributed by atoms with Gasteiger partial charge in [0.1, 0.15) is 0 Å². The number of carbonyl (C=O) groups is 4. The van der Waals surface area contributed by atoms with Crippen molar-refractivity contribution in [2.24, 2.45) is 0 Å². The molecule has 1 saturated heterocycles. The summed E-state index contributed by atoms with van der Waals surface area (Å²) in [5, 5.41) is 2.10. The molecule has 2 rings (SSSR count). The monoisotopic (exact) mass is 384 g/mol. The Bertz CT molecular complexity index is 711. The summed E-state index contributed by atoms with van der Waals surface area (Å²) in [6.45, 7) is -0.373. The van der Waals surface area contributed by atoms with E-state index in [0.717, 1.165) is 22.7 Å². The number of nitrogens with one attached hydrogen (secondary N) is 1. The Hall–Kier alpha value is -2.62. The minimum Gasteiger partial charge on any atom is -0.494 e. The van der Waals surface area contributed by atoms with Gasteiger partial charge in [0, 0.05) is 13.1 Å². The van der Waals surface area contributed by atoms with Gasteiger partial charge in [-0.3, -0.25) is 24.1 Å². The molecule has 0 atom stereocenters. The first-order valence-corrected chi connectivity index (χ1v) is 8.61. The van der Waals surface area contributed by atoms with Gasteiger partial charge in [-0.2, -0.15) is 0 Å². The Kier molecular flexibility index (Phi) is 6.96. The molecule has 1 fully saturated rings. The number of amides is 3. The highest BCUT2D eigenvalue weighted by atomic mass is 32.2. The van der Waals surface area contributed by atoms with E-state index in [-0.39, 0.29) is 42.2 Å². The van der Waals surface area contributed by atoms with E-state index >= 15 is 0 Å². The topological polar surface area (TPSA) is 102 Å². The number of halogens is 1. The van der Waals surface area contributed by atoms with Gasteiger partial charge >= 0.3 is 5.97 Å². The second-order valence-corrected chi connectivity index (χ2v) is 6.18. The quantitative estimate of drug-likeness (QED) is 0.659. The molecule has 0 aromatic heterocycles. The third-order valence-electron chi connectivity index (χ3n) is 3.43. The summed E-state index contributed by atoms with van der Waals surface area (Å²) in [4.78, 5) is 47.1. The van der Waals surface area contributed by atoms with E-state index in [2.05, 4.69) is 5.32 Å². The average molecular weight is 384 g/mol. The van der Waals surface area contributed by atoms with Crippen LogP contribution in [0, 0.1) is 5.82 Å². The Morgan fingerprint density at radius 3 is 2.73 bits per heavy atom. The predicted octanol–water partition coefficient (Wildman–Crippen LogP) is 0.732. The molecule has 0 spiro atoms. The van der Waals surface area contributed by atoms with E-state index in [1.807, 2.05) is 0 Å². The number of imide groups is 1. The van der Waals surface area contributed by atoms with E-state index in [0.29, 0.717) is 5.56 Å². The lowest BCUT2D eigenvalue weighted by Gasteiger charge is -2.13. The van der Waals surface area contributed by atoms with Crippen LogP contribution in [-0.2, 0) is 25.5 Å². The van der Waals surface area contributed by atoms with Crippen molar-refractivity contribution < 1.29 is 33.0 Å². The maximum Gasteiger partial charge on any atom is 0.310 e. The third kappa shape index (κ3) is 5.45. The molecular formula is C16H17FN2O6S. The smallest absolute Gasteiger partial charge is 0.310 e. The molecule has 3 amide bonds. The molecule has 1 aliphatic rings. The van der Waals surface area contributed by atoms with Crippen molar-refractivity contribution in [3.63, 3.8) is 0 Å². The number of nitrogens with zero attached hydrogens (tertiary/aromatic N) is 1. The summed E-state index contributed by atoms with van der Waals surface area (Å²) in [6, 6.07) is 4.07. The van der Waals surface area contributed by atoms with Gasteiger partial charge in [0.2, 0.25) is 5.91 Å². The molecule has 1 heterocycles. The van der Waals surface area contributed by atoms with Crippen molar-refractivity contribution in [1.82, 2.24) is 10.2 Å². The molecule has 1 aliphatic heterocycles. The van der Waals surface area contributed by atoms with Crippen LogP contribution >= 0.6 is 11.8 Å². The molecule has 140 valence electrons. The molecule has 1 aromatic rings. The molecule has 1 N–H and O–H groups in total. The van der Waals surface area contributed by atoms with Gasteiger partial charge in [0.25, 0.3) is 11.1 Å². The number of thioether (sulfide) groups is 1. The third-order valence-corrected chi connectivity index (χ3v) is 4.29. The van der Waals surface area contributed by atoms with E-state index in [9.17, 15) is 23.6 Å². The molecule has 8 nitrogen and oxygen atoms in total. The predicted molar refractivity (Wildman–Crippen MR) is 90.2 cm³/mol. The normalized spacial score (nSPS) is 13.7. The minimum absolute atomic E-state index is 0.0647. The zero-order valence-electron chi connectivity index (χ0n) is 14.0. The molecule has 1 aromatic carbocycles. The standard InChI is InChI=1S/C16H17FN2O6S/c1-24-12-3-2-10(6-11(12)17)7-15(22)25-8-13(20)18-4-5-19-14(21)9-26-16(19)23/h2-3,6H,4-5,7-9H2,1H3,(H,18,20). The number of hydrogen-bond acceptors (Lipinski definition) is 7. The van der Waals surface area contributed by atoms with Crippen LogP contribution in [0.3, 0.4) is 0 Å². The first-order valence-electron chi connectivity index (χ1n) is 7.62. The molecule has 26 heavy (non-hydrogen) atoms. The molecule has 0 saturated carbocycles. The van der Waals surface area contributed by atoms with Crippen LogP contribution in [0.4, 0.5) is 9.18 Å². The van der Waals surface area contributed by atoms with Gasteiger partial charge in [-0.15, -0.1) is 0 Å². The van der Waals surface area contributed by atoms with E-state index < -0.39 is 24.3 Å². The first-order chi connectivity index (χ1) is 12.4. The molecule has 0 bridgehead atoms. The largest absolute Gasteiger partial charge is 0.494 e. The zero-order valence-corrected chi connectivity index (χ0v) is 14.8. The summed E-state index contributed by atoms with van der Waals surface area (Å²) in [6.07, 6.45) is -0.192. The number of carbonyl (C=O) groups excluding carboxylic acids is 4. The summed E-state index contributed by atoms with van der Waals surface area (Å²) >= 11 is 0.911. The fourth-order valence-corrected chi connectivity index (χ4v) is 2.89. The number of methoxy groups -OCH3 is 1. The van der Waals surface area contributed by atoms with Crippen LogP contribution < -0.4 is 10.1 Å². The lowest BCUT2D eigenvalue weighted by molar-refractivity contribution is -0.147. The summed E-state index contributed by atoms with van der Waals surface area (Å²) in [5.74, 6) is -1.98. The number of ether oxygens (including phenoxy) is 2. The van der Waals surface area contributed by atoms with Crippen LogP contribution in [0.1, 0.15) is 5.56 Å². The van der Waals surface area contributed by atoms with E-state index in [1.54, 1.807) is 0 Å². The molecule has 10 heteroatoms. The highest BCUT2D eigenvalue weighted by molar-refractivity contribution is 8.14. The average Bonchev–Trinajstić information content (AvgIpc) is 2.92. The van der Waals surface area contributed by atoms with Crippen LogP contribution in [0.25, 0.3) is 0 Å². The first kappa shape index (κ1) is 19.7. The molecule has 0 radical (unpaired) electrons. The van der Waals surface area contributed by atoms with Gasteiger partial charge in [0.05, 0.1) is 19.3 Å². The summed E-state index contributed by atoms with van der Waals surface area (Å²) in [5.41, 5.74) is 0.386. The Labute approximate surface area is 153 Å². The van der Waals surface area contributed by atoms with Crippen LogP contribution in [0.2, 0.25) is 0 Å². The van der Waals surface area contributed by atoms with Gasteiger partial charge in [0.15, 0.2) is 18.2 Å². The maximum absolute atomic E-state index is 13.5. The number of esters is 1. The van der Waals surface area contributed by atoms with Crippen molar-refractivity contribution >= 4 is 34.8 Å². The van der Waals surface area contributed by atoms with Gasteiger partial charge in [-0.25, -0.2) is 4.39 Å². The second kappa shape index (κ2) is 9.18. The zero-order chi connectivity index (χ0) is 19.1. The van der Waals surface area contributed by atoms with Crippen molar-refractivity contribution in [2.75, 3.05) is 32.6 Å². The van der Waals surface area contributed by atoms with Gasteiger partial charge < -0.3 is 14.8 Å². The molecule has 0 aliphatic carbocycles. The second-order valence-electron chi connectivity index (χ2n) is 5.26. The minimum atomic E-state index is -0.689. The van der Waals surface area contributed by atoms with Crippen LogP contribution in [0.5, 0.6) is 5.75 Å². The Morgan fingerprint density at radius 1 is 1.35 bits per heavy atom. The SMILES string of the molecule is COc1ccc(CC(=O)OCC(=O)NCCN2C(=O)CSC2=O)cc1F. The number of hydrogen-bond donors (Lipinski definition) is 1. The lowest BCUT2D eigenvalue weighted by atomic mass is 10.1. The van der Waals surface area contributed by atoms with Gasteiger partial charge in [-0.1, -0.05) is 17.8 Å². The van der Waals surface area contributed by atoms with E-state index in [1.165, 1.54) is 19.2 Å². The highest BCUT2D eigenvalue weighted by Gasteiger charge is 2.29. The van der Waals surface area contributed by atoms with Crippen molar-refractivity contribution in [2.45, 2.75) is 6.42 Å². The van der Waals surface area contributed by atoms with Crippen LogP contribution in [0.15, 0.2) is 18.2 Å². The van der Waals surface area contributed by atoms with Crippen molar-refractivity contribution in [3.05, 3.63) is 29.6 Å². The Balaban J connectivity index is 1.68. The fraction of sp³-hybridized carbons (Fsp3) is 0.375. The summed E-state index contributed by atoms with van der Waals surface area (Å²) in [7, 11) is 1.33. The lowest BCUT2D eigenvalue weighted by Crippen LogP contribution is -2.38. The molecule has 0 unspecified atom stereocenters. The summed E-state index contributed by atoms with van der Waals surface area (Å²) < 4.78 is 23.1. The molecular weight excluding hydrogens is 367 g/mol. The Morgan fingerprint density at radius 2 is 2.12 bits per heavy atom. The maximum atomic E-state index is 13.5. The fourth-order valence-electron chi connectivity index (χ4n) is 2.14. The van der Waals surface area contributed by atoms with E-state index in [4.69, 9.17) is 9.47 Å².